The molecule has 0 N–H and O–H groups in total. The highest BCUT2D eigenvalue weighted by Crippen LogP contribution is 1.78. The minimum absolute atomic E-state index is 1.88. The summed E-state index contributed by atoms with van der Waals surface area (Å²) in [6.07, 6.45) is 11.6. The quantitative estimate of drug-likeness (QED) is 0.508. The molecular weight excluding hydrogens is 184 g/mol. The summed E-state index contributed by atoms with van der Waals surface area (Å²) in [6, 6.07) is 11.9. The van der Waals surface area contributed by atoms with Crippen LogP contribution in [0.1, 0.15) is 0 Å². The topological polar surface area (TPSA) is 7.76 Å². The average Bonchev–Trinajstić information content (AvgIpc) is 2.32. The van der Waals surface area contributed by atoms with E-state index in [0.29, 0.717) is 0 Å². The predicted molar refractivity (Wildman–Crippen MR) is 58.3 cm³/mol. The lowest BCUT2D eigenvalue weighted by molar-refractivity contribution is -0.572. The lowest BCUT2D eigenvalue weighted by Crippen LogP contribution is -2.25. The van der Waals surface area contributed by atoms with Crippen LogP contribution in [-0.2, 0) is 0 Å². The zero-order valence-corrected chi connectivity index (χ0v) is 8.32. The van der Waals surface area contributed by atoms with Gasteiger partial charge in [-0.3, -0.25) is 0 Å². The van der Waals surface area contributed by atoms with Gasteiger partial charge in [-0.1, -0.05) is 12.1 Å². The van der Waals surface area contributed by atoms with Gasteiger partial charge in [0, 0.05) is 30.0 Å². The van der Waals surface area contributed by atoms with Crippen LogP contribution in [0.5, 0.6) is 0 Å². The maximum absolute atomic E-state index is 3.09. The van der Waals surface area contributed by atoms with Crippen LogP contribution in [0.15, 0.2) is 66.9 Å². The van der Waals surface area contributed by atoms with Crippen molar-refractivity contribution in [3.8, 4) is 0 Å². The summed E-state index contributed by atoms with van der Waals surface area (Å²) in [5.74, 6) is 0. The van der Waals surface area contributed by atoms with E-state index in [1.54, 1.807) is 0 Å². The molecule has 0 saturated heterocycles. The third kappa shape index (κ3) is 2.90. The minimum atomic E-state index is 1.88. The van der Waals surface area contributed by atoms with Crippen molar-refractivity contribution >= 4 is 12.4 Å². The van der Waals surface area contributed by atoms with E-state index >= 15 is 0 Å². The summed E-state index contributed by atoms with van der Waals surface area (Å²) in [7, 11) is 0. The van der Waals surface area contributed by atoms with Crippen LogP contribution >= 0.6 is 0 Å². The van der Waals surface area contributed by atoms with Crippen LogP contribution in [0.2, 0.25) is 0 Å². The van der Waals surface area contributed by atoms with Gasteiger partial charge in [0.25, 0.3) is 0 Å². The van der Waals surface area contributed by atoms with Gasteiger partial charge in [-0.2, -0.15) is 9.13 Å². The van der Waals surface area contributed by atoms with Crippen LogP contribution < -0.4 is 9.13 Å². The largest absolute Gasteiger partial charge is 0.223 e. The molecule has 2 aromatic rings. The lowest BCUT2D eigenvalue weighted by Gasteiger charge is -1.81. The third-order valence-corrected chi connectivity index (χ3v) is 1.92. The molecule has 0 fully saturated rings. The molecule has 0 amide bonds. The zero-order chi connectivity index (χ0) is 10.3. The van der Waals surface area contributed by atoms with Crippen molar-refractivity contribution in [2.45, 2.75) is 0 Å². The molecule has 2 heterocycles. The van der Waals surface area contributed by atoms with Crippen LogP contribution in [-0.4, -0.2) is 0 Å². The Morgan fingerprint density at radius 1 is 0.600 bits per heavy atom. The normalized spacial score (nSPS) is 9.07. The molecule has 0 aliphatic carbocycles. The van der Waals surface area contributed by atoms with Gasteiger partial charge in [0.1, 0.15) is 0 Å². The van der Waals surface area contributed by atoms with Crippen molar-refractivity contribution in [2.75, 3.05) is 0 Å². The summed E-state index contributed by atoms with van der Waals surface area (Å²) in [5.41, 5.74) is 3.09. The first-order valence-electron chi connectivity index (χ1n) is 4.79. The molecular formula is C13H12N2+2. The predicted octanol–water partition coefficient (Wildman–Crippen LogP) is 1.50. The van der Waals surface area contributed by atoms with E-state index < -0.39 is 0 Å². The Morgan fingerprint density at radius 2 is 1.00 bits per heavy atom. The molecule has 0 aromatic carbocycles. The van der Waals surface area contributed by atoms with Gasteiger partial charge in [0.15, 0.2) is 24.8 Å². The molecule has 72 valence electrons. The van der Waals surface area contributed by atoms with E-state index in [0.717, 1.165) is 0 Å². The fraction of sp³-hybridized carbons (Fsp3) is 0. The monoisotopic (exact) mass is 196 g/mol. The molecule has 0 atom stereocenters. The lowest BCUT2D eigenvalue weighted by atomic mass is 10.5. The fourth-order valence-corrected chi connectivity index (χ4v) is 1.20. The molecule has 0 unspecified atom stereocenters. The molecule has 0 aliphatic heterocycles. The Balaban J connectivity index is 2.16. The first kappa shape index (κ1) is 9.38. The summed E-state index contributed by atoms with van der Waals surface area (Å²) >= 11 is 0. The first-order valence-corrected chi connectivity index (χ1v) is 4.79. The van der Waals surface area contributed by atoms with E-state index in [4.69, 9.17) is 0 Å². The Hall–Kier alpha value is -2.18. The standard InChI is InChI=1S/C13H12N2/c1-3-8-14(9-4-1)12-7-13-15-10-5-2-6-11-15/h1-6,8-13H/q+2. The summed E-state index contributed by atoms with van der Waals surface area (Å²) in [4.78, 5) is 0. The maximum Gasteiger partial charge on any atom is 0.223 e. The van der Waals surface area contributed by atoms with Crippen molar-refractivity contribution in [2.24, 2.45) is 0 Å². The summed E-state index contributed by atoms with van der Waals surface area (Å²) in [5, 5.41) is 0. The average molecular weight is 196 g/mol. The van der Waals surface area contributed by atoms with E-state index in [9.17, 15) is 0 Å². The summed E-state index contributed by atoms with van der Waals surface area (Å²) in [6.45, 7) is 0. The third-order valence-electron chi connectivity index (χ3n) is 1.92. The Labute approximate surface area is 89.1 Å². The Morgan fingerprint density at radius 3 is 1.40 bits per heavy atom. The second kappa shape index (κ2) is 4.89. The van der Waals surface area contributed by atoms with Crippen LogP contribution in [0.4, 0.5) is 0 Å². The van der Waals surface area contributed by atoms with E-state index in [-0.39, 0.29) is 0 Å². The number of hydrogen-bond acceptors (Lipinski definition) is 0. The highest BCUT2D eigenvalue weighted by molar-refractivity contribution is 5.16. The number of hydrogen-bond donors (Lipinski definition) is 0. The fourth-order valence-electron chi connectivity index (χ4n) is 1.20. The molecule has 0 bridgehead atoms. The van der Waals surface area contributed by atoms with Gasteiger partial charge in [0.05, 0.1) is 0 Å². The van der Waals surface area contributed by atoms with Crippen molar-refractivity contribution in [1.82, 2.24) is 0 Å². The Kier molecular flexibility index (Phi) is 3.06. The number of rotatable bonds is 2. The highest BCUT2D eigenvalue weighted by atomic mass is 14.9. The van der Waals surface area contributed by atoms with Crippen LogP contribution in [0.3, 0.4) is 0 Å². The van der Waals surface area contributed by atoms with Crippen molar-refractivity contribution in [3.63, 3.8) is 0 Å². The van der Waals surface area contributed by atoms with Gasteiger partial charge >= 0.3 is 0 Å². The zero-order valence-electron chi connectivity index (χ0n) is 8.32. The number of pyridine rings is 2. The summed E-state index contributed by atoms with van der Waals surface area (Å²) < 4.78 is 3.89. The van der Waals surface area contributed by atoms with Gasteiger partial charge in [-0.15, -0.1) is 0 Å². The smallest absolute Gasteiger partial charge is 0.166 e. The van der Waals surface area contributed by atoms with Crippen molar-refractivity contribution < 1.29 is 9.13 Å². The molecule has 0 spiro atoms. The maximum atomic E-state index is 3.09. The molecule has 2 rings (SSSR count). The van der Waals surface area contributed by atoms with Gasteiger partial charge in [0.2, 0.25) is 12.4 Å². The molecule has 0 saturated carbocycles. The van der Waals surface area contributed by atoms with Gasteiger partial charge < -0.3 is 0 Å². The van der Waals surface area contributed by atoms with Crippen molar-refractivity contribution in [1.29, 1.82) is 0 Å². The number of aromatic nitrogens is 2. The van der Waals surface area contributed by atoms with Crippen LogP contribution in [0.25, 0.3) is 12.4 Å². The van der Waals surface area contributed by atoms with E-state index in [1.807, 2.05) is 82.7 Å². The molecule has 2 heteroatoms. The second-order valence-electron chi connectivity index (χ2n) is 3.07. The van der Waals surface area contributed by atoms with Gasteiger partial charge in [-0.25, -0.2) is 0 Å². The highest BCUT2D eigenvalue weighted by Gasteiger charge is 1.89. The SMILES string of the molecule is C(=C[n+]1ccccc1)=C[n+]1ccccc1. The first-order chi connectivity index (χ1) is 7.45. The van der Waals surface area contributed by atoms with E-state index in [2.05, 4.69) is 5.73 Å². The molecule has 0 radical (unpaired) electrons. The Bertz CT molecular complexity index is 425. The molecule has 0 aliphatic rings. The second-order valence-corrected chi connectivity index (χ2v) is 3.07. The van der Waals surface area contributed by atoms with Gasteiger partial charge in [-0.05, 0) is 0 Å². The van der Waals surface area contributed by atoms with E-state index in [1.165, 1.54) is 0 Å². The van der Waals surface area contributed by atoms with Crippen molar-refractivity contribution in [3.05, 3.63) is 66.9 Å². The number of nitrogens with zero attached hydrogens (tertiary/aromatic N) is 2. The minimum Gasteiger partial charge on any atom is -0.166 e. The molecule has 2 nitrogen and oxygen atoms in total. The van der Waals surface area contributed by atoms with Crippen LogP contribution in [0, 0.1) is 0 Å². The molecule has 2 aromatic heterocycles. The molecule has 15 heavy (non-hydrogen) atoms.